The van der Waals surface area contributed by atoms with Crippen molar-refractivity contribution in [3.05, 3.63) is 66.5 Å². The molecule has 1 aromatic heterocycles. The highest BCUT2D eigenvalue weighted by atomic mass is 35.5. The summed E-state index contributed by atoms with van der Waals surface area (Å²) in [5, 5.41) is 4.71. The predicted octanol–water partition coefficient (Wildman–Crippen LogP) is 2.42. The molecule has 0 spiro atoms. The van der Waals surface area contributed by atoms with E-state index in [1.807, 2.05) is 60.9 Å². The molecule has 2 rings (SSSR count). The second kappa shape index (κ2) is 4.71. The molecule has 1 aromatic carbocycles. The maximum Gasteiger partial charge on any atom is 0.204 e. The SMILES string of the molecule is Cl/C(=N/[n+]1ccccc1)c1ccccc1. The number of hydrogen-bond acceptors (Lipinski definition) is 1. The lowest BCUT2D eigenvalue weighted by Crippen LogP contribution is -2.27. The summed E-state index contributed by atoms with van der Waals surface area (Å²) in [7, 11) is 0. The van der Waals surface area contributed by atoms with Crippen molar-refractivity contribution in [2.24, 2.45) is 5.10 Å². The first-order chi connectivity index (χ1) is 7.36. The molecule has 3 heteroatoms. The zero-order valence-corrected chi connectivity index (χ0v) is 8.80. The lowest BCUT2D eigenvalue weighted by atomic mass is 10.2. The Morgan fingerprint density at radius 3 is 2.20 bits per heavy atom. The molecule has 0 aliphatic rings. The van der Waals surface area contributed by atoms with Crippen LogP contribution in [0.15, 0.2) is 66.0 Å². The summed E-state index contributed by atoms with van der Waals surface area (Å²) in [4.78, 5) is 0. The van der Waals surface area contributed by atoms with E-state index in [2.05, 4.69) is 5.10 Å². The van der Waals surface area contributed by atoms with E-state index in [0.717, 1.165) is 5.56 Å². The van der Waals surface area contributed by atoms with E-state index in [4.69, 9.17) is 11.6 Å². The summed E-state index contributed by atoms with van der Waals surface area (Å²) in [6.45, 7) is 0. The first kappa shape index (κ1) is 9.87. The molecule has 1 heterocycles. The molecule has 0 radical (unpaired) electrons. The van der Waals surface area contributed by atoms with Gasteiger partial charge in [-0.3, -0.25) is 0 Å². The summed E-state index contributed by atoms with van der Waals surface area (Å²) in [6.07, 6.45) is 3.68. The molecule has 0 aliphatic heterocycles. The van der Waals surface area contributed by atoms with Crippen molar-refractivity contribution in [3.63, 3.8) is 0 Å². The minimum atomic E-state index is 0.479. The Hall–Kier alpha value is -1.67. The van der Waals surface area contributed by atoms with Crippen LogP contribution in [0, 0.1) is 0 Å². The topological polar surface area (TPSA) is 16.2 Å². The van der Waals surface area contributed by atoms with Crippen LogP contribution in [0.2, 0.25) is 0 Å². The van der Waals surface area contributed by atoms with Gasteiger partial charge in [-0.15, -0.1) is 0 Å². The first-order valence-corrected chi connectivity index (χ1v) is 5.00. The molecule has 2 aromatic rings. The van der Waals surface area contributed by atoms with Gasteiger partial charge in [0.2, 0.25) is 17.6 Å². The maximum atomic E-state index is 6.07. The minimum absolute atomic E-state index is 0.479. The van der Waals surface area contributed by atoms with E-state index in [-0.39, 0.29) is 0 Å². The van der Waals surface area contributed by atoms with E-state index in [0.29, 0.717) is 5.17 Å². The van der Waals surface area contributed by atoms with Crippen molar-refractivity contribution in [2.75, 3.05) is 0 Å². The largest absolute Gasteiger partial charge is 0.204 e. The van der Waals surface area contributed by atoms with Gasteiger partial charge in [0.1, 0.15) is 0 Å². The van der Waals surface area contributed by atoms with Gasteiger partial charge in [-0.1, -0.05) is 52.7 Å². The van der Waals surface area contributed by atoms with Gasteiger partial charge in [0, 0.05) is 22.8 Å². The molecule has 0 N–H and O–H groups in total. The van der Waals surface area contributed by atoms with Crippen molar-refractivity contribution >= 4 is 16.8 Å². The average Bonchev–Trinajstić information content (AvgIpc) is 2.31. The van der Waals surface area contributed by atoms with Gasteiger partial charge in [-0.25, -0.2) is 0 Å². The number of nitrogens with zero attached hydrogens (tertiary/aromatic N) is 2. The summed E-state index contributed by atoms with van der Waals surface area (Å²) < 4.78 is 1.68. The summed E-state index contributed by atoms with van der Waals surface area (Å²) in [6, 6.07) is 15.4. The first-order valence-electron chi connectivity index (χ1n) is 4.62. The molecule has 2 nitrogen and oxygen atoms in total. The van der Waals surface area contributed by atoms with Crippen LogP contribution in [-0.2, 0) is 0 Å². The van der Waals surface area contributed by atoms with Crippen molar-refractivity contribution in [1.29, 1.82) is 0 Å². The second-order valence-electron chi connectivity index (χ2n) is 3.01. The van der Waals surface area contributed by atoms with Crippen LogP contribution in [0.25, 0.3) is 0 Å². The Balaban J connectivity index is 2.29. The van der Waals surface area contributed by atoms with Gasteiger partial charge >= 0.3 is 0 Å². The Morgan fingerprint density at radius 2 is 1.53 bits per heavy atom. The van der Waals surface area contributed by atoms with E-state index >= 15 is 0 Å². The maximum absolute atomic E-state index is 6.07. The van der Waals surface area contributed by atoms with Gasteiger partial charge in [0.05, 0.1) is 0 Å². The van der Waals surface area contributed by atoms with Gasteiger partial charge in [0.15, 0.2) is 0 Å². The molecule has 0 saturated carbocycles. The van der Waals surface area contributed by atoms with Crippen LogP contribution in [0.3, 0.4) is 0 Å². The lowest BCUT2D eigenvalue weighted by molar-refractivity contribution is -0.678. The molecule has 0 amide bonds. The van der Waals surface area contributed by atoms with Crippen LogP contribution in [0.5, 0.6) is 0 Å². The Labute approximate surface area is 93.5 Å². The predicted molar refractivity (Wildman–Crippen MR) is 60.9 cm³/mol. The second-order valence-corrected chi connectivity index (χ2v) is 3.37. The Bertz CT molecular complexity index is 452. The zero-order valence-electron chi connectivity index (χ0n) is 8.05. The normalized spacial score (nSPS) is 11.4. The van der Waals surface area contributed by atoms with E-state index in [9.17, 15) is 0 Å². The number of halogens is 1. The lowest BCUT2D eigenvalue weighted by Gasteiger charge is -1.93. The van der Waals surface area contributed by atoms with Gasteiger partial charge in [0.25, 0.3) is 0 Å². The number of benzene rings is 1. The van der Waals surface area contributed by atoms with Crippen molar-refractivity contribution in [3.8, 4) is 0 Å². The average molecular weight is 218 g/mol. The third-order valence-electron chi connectivity index (χ3n) is 1.92. The number of pyridine rings is 1. The Morgan fingerprint density at radius 1 is 0.933 bits per heavy atom. The van der Waals surface area contributed by atoms with E-state index in [1.54, 1.807) is 4.68 Å². The molecule has 0 fully saturated rings. The highest BCUT2D eigenvalue weighted by Gasteiger charge is 2.02. The van der Waals surface area contributed by atoms with Gasteiger partial charge in [-0.2, -0.15) is 0 Å². The van der Waals surface area contributed by atoms with Crippen molar-refractivity contribution in [2.45, 2.75) is 0 Å². The molecule has 15 heavy (non-hydrogen) atoms. The van der Waals surface area contributed by atoms with Crippen molar-refractivity contribution in [1.82, 2.24) is 0 Å². The van der Waals surface area contributed by atoms with Gasteiger partial charge < -0.3 is 0 Å². The summed E-state index contributed by atoms with van der Waals surface area (Å²) in [5.74, 6) is 0. The molecular formula is C12H10ClN2+. The van der Waals surface area contributed by atoms with E-state index < -0.39 is 0 Å². The molecular weight excluding hydrogens is 208 g/mol. The fourth-order valence-corrected chi connectivity index (χ4v) is 1.40. The number of rotatable bonds is 2. The molecule has 0 unspecified atom stereocenters. The third kappa shape index (κ3) is 2.64. The van der Waals surface area contributed by atoms with E-state index in [1.165, 1.54) is 0 Å². The smallest absolute Gasteiger partial charge is 0.0622 e. The van der Waals surface area contributed by atoms with Crippen LogP contribution in [-0.4, -0.2) is 5.17 Å². The molecule has 0 atom stereocenters. The monoisotopic (exact) mass is 217 g/mol. The highest BCUT2D eigenvalue weighted by Crippen LogP contribution is 2.03. The van der Waals surface area contributed by atoms with Crippen LogP contribution < -0.4 is 4.68 Å². The quantitative estimate of drug-likeness (QED) is 0.543. The van der Waals surface area contributed by atoms with Crippen LogP contribution in [0.1, 0.15) is 5.56 Å². The van der Waals surface area contributed by atoms with Crippen LogP contribution >= 0.6 is 11.6 Å². The van der Waals surface area contributed by atoms with Gasteiger partial charge in [-0.05, 0) is 0 Å². The fraction of sp³-hybridized carbons (Fsp3) is 0. The molecule has 0 bridgehead atoms. The minimum Gasteiger partial charge on any atom is -0.0622 e. The standard InChI is InChI=1S/C12H10ClN2/c13-12(11-7-3-1-4-8-11)14-15-9-5-2-6-10-15/h1-10H/q+1/b14-12+. The number of aromatic nitrogens is 1. The summed E-state index contributed by atoms with van der Waals surface area (Å²) >= 11 is 6.07. The molecule has 0 saturated heterocycles. The van der Waals surface area contributed by atoms with Crippen molar-refractivity contribution < 1.29 is 4.68 Å². The molecule has 74 valence electrons. The van der Waals surface area contributed by atoms with Crippen LogP contribution in [0.4, 0.5) is 0 Å². The zero-order chi connectivity index (χ0) is 10.5. The summed E-state index contributed by atoms with van der Waals surface area (Å²) in [5.41, 5.74) is 0.913. The Kier molecular flexibility index (Phi) is 3.10. The third-order valence-corrected chi connectivity index (χ3v) is 2.21. The fourth-order valence-electron chi connectivity index (χ4n) is 1.19. The highest BCUT2D eigenvalue weighted by molar-refractivity contribution is 6.69. The molecule has 0 aliphatic carbocycles. The number of hydrogen-bond donors (Lipinski definition) is 0.